The zero-order valence-electron chi connectivity index (χ0n) is 14.6. The minimum absolute atomic E-state index is 0.0417. The predicted molar refractivity (Wildman–Crippen MR) is 97.8 cm³/mol. The van der Waals surface area contributed by atoms with E-state index in [-0.39, 0.29) is 23.1 Å². The van der Waals surface area contributed by atoms with Gasteiger partial charge in [0.05, 0.1) is 0 Å². The van der Waals surface area contributed by atoms with Crippen LogP contribution in [0.25, 0.3) is 0 Å². The molecule has 1 aromatic rings. The van der Waals surface area contributed by atoms with Gasteiger partial charge in [-0.2, -0.15) is 15.0 Å². The summed E-state index contributed by atoms with van der Waals surface area (Å²) in [5, 5.41) is 0.231. The Morgan fingerprint density at radius 1 is 0.957 bits per heavy atom. The summed E-state index contributed by atoms with van der Waals surface area (Å²) in [5.41, 5.74) is 15.4. The van der Waals surface area contributed by atoms with Crippen molar-refractivity contribution in [1.82, 2.24) is 19.9 Å². The standard InChI is InChI=1S/C11H23NOS.C3H6N6/c1-6-14-11(13)12(7-9(2)3)8-10(4)5;4-1-7-2(5)9-3(6)8-1/h9-10H,6-8H2,1-5H3;(H6,4,5,6,7,8,9). The molecule has 0 spiro atoms. The molecule has 1 aromatic heterocycles. The first-order chi connectivity index (χ1) is 10.6. The normalized spacial score (nSPS) is 10.4. The third-order valence-electron chi connectivity index (χ3n) is 2.38. The SMILES string of the molecule is CCSC(=O)N(CC(C)C)CC(C)C.Nc1nc(N)nc(N)n1. The van der Waals surface area contributed by atoms with Crippen LogP contribution < -0.4 is 17.2 Å². The third-order valence-corrected chi connectivity index (χ3v) is 3.18. The molecule has 9 heteroatoms. The number of hydrogen-bond acceptors (Lipinski definition) is 8. The first-order valence-corrected chi connectivity index (χ1v) is 8.58. The molecule has 1 rings (SSSR count). The van der Waals surface area contributed by atoms with E-state index < -0.39 is 0 Å². The lowest BCUT2D eigenvalue weighted by Gasteiger charge is -2.25. The molecule has 0 bridgehead atoms. The average molecular weight is 344 g/mol. The van der Waals surface area contributed by atoms with Crippen LogP contribution in [-0.2, 0) is 0 Å². The molecule has 132 valence electrons. The quantitative estimate of drug-likeness (QED) is 0.739. The number of aromatic nitrogens is 3. The van der Waals surface area contributed by atoms with E-state index in [9.17, 15) is 4.79 Å². The molecule has 0 aromatic carbocycles. The Labute approximate surface area is 142 Å². The summed E-state index contributed by atoms with van der Waals surface area (Å²) < 4.78 is 0. The number of carbonyl (C=O) groups excluding carboxylic acids is 1. The zero-order chi connectivity index (χ0) is 18.0. The van der Waals surface area contributed by atoms with Gasteiger partial charge in [-0.25, -0.2) is 0 Å². The summed E-state index contributed by atoms with van der Waals surface area (Å²) in [6.07, 6.45) is 0. The van der Waals surface area contributed by atoms with Gasteiger partial charge in [0.1, 0.15) is 0 Å². The van der Waals surface area contributed by atoms with Crippen LogP contribution in [0.5, 0.6) is 0 Å². The van der Waals surface area contributed by atoms with Crippen molar-refractivity contribution in [2.24, 2.45) is 11.8 Å². The molecule has 1 amide bonds. The molecule has 0 unspecified atom stereocenters. The van der Waals surface area contributed by atoms with Gasteiger partial charge in [0, 0.05) is 13.1 Å². The Balaban J connectivity index is 0.000000459. The summed E-state index contributed by atoms with van der Waals surface area (Å²) >= 11 is 1.41. The van der Waals surface area contributed by atoms with E-state index in [1.165, 1.54) is 11.8 Å². The van der Waals surface area contributed by atoms with Gasteiger partial charge in [0.15, 0.2) is 0 Å². The van der Waals surface area contributed by atoms with Gasteiger partial charge in [0.2, 0.25) is 17.8 Å². The lowest BCUT2D eigenvalue weighted by atomic mass is 10.1. The third kappa shape index (κ3) is 10.6. The van der Waals surface area contributed by atoms with Gasteiger partial charge in [0.25, 0.3) is 5.24 Å². The number of hydrogen-bond donors (Lipinski definition) is 3. The molecule has 6 N–H and O–H groups in total. The Hall–Kier alpha value is -1.77. The lowest BCUT2D eigenvalue weighted by Crippen LogP contribution is -2.34. The predicted octanol–water partition coefficient (Wildman–Crippen LogP) is 2.09. The van der Waals surface area contributed by atoms with E-state index in [1.807, 2.05) is 11.8 Å². The van der Waals surface area contributed by atoms with Crippen LogP contribution >= 0.6 is 11.8 Å². The average Bonchev–Trinajstić information content (AvgIpc) is 2.36. The maximum absolute atomic E-state index is 11.7. The highest BCUT2D eigenvalue weighted by atomic mass is 32.2. The molecule has 8 nitrogen and oxygen atoms in total. The molecular weight excluding hydrogens is 314 g/mol. The minimum atomic E-state index is 0.0417. The zero-order valence-corrected chi connectivity index (χ0v) is 15.4. The highest BCUT2D eigenvalue weighted by molar-refractivity contribution is 8.13. The van der Waals surface area contributed by atoms with Crippen molar-refractivity contribution < 1.29 is 4.79 Å². The molecule has 0 saturated carbocycles. The molecule has 0 aliphatic rings. The summed E-state index contributed by atoms with van der Waals surface area (Å²) in [5.74, 6) is 2.09. The summed E-state index contributed by atoms with van der Waals surface area (Å²) in [6.45, 7) is 12.4. The second-order valence-electron chi connectivity index (χ2n) is 5.80. The second kappa shape index (κ2) is 10.9. The monoisotopic (exact) mass is 343 g/mol. The van der Waals surface area contributed by atoms with Gasteiger partial charge in [-0.3, -0.25) is 4.79 Å². The van der Waals surface area contributed by atoms with E-state index in [0.29, 0.717) is 11.8 Å². The number of thioether (sulfide) groups is 1. The molecule has 0 radical (unpaired) electrons. The van der Waals surface area contributed by atoms with Crippen LogP contribution in [0, 0.1) is 11.8 Å². The molecule has 0 aliphatic carbocycles. The van der Waals surface area contributed by atoms with Crippen LogP contribution in [-0.4, -0.2) is 43.9 Å². The lowest BCUT2D eigenvalue weighted by molar-refractivity contribution is 0.208. The second-order valence-corrected chi connectivity index (χ2v) is 7.02. The van der Waals surface area contributed by atoms with Crippen LogP contribution in [0.4, 0.5) is 22.6 Å². The van der Waals surface area contributed by atoms with Gasteiger partial charge in [-0.05, 0) is 17.6 Å². The number of carbonyl (C=O) groups is 1. The molecule has 0 aliphatic heterocycles. The number of amides is 1. The van der Waals surface area contributed by atoms with Crippen molar-refractivity contribution in [2.45, 2.75) is 34.6 Å². The van der Waals surface area contributed by atoms with E-state index in [1.54, 1.807) is 0 Å². The minimum Gasteiger partial charge on any atom is -0.368 e. The summed E-state index contributed by atoms with van der Waals surface area (Å²) in [4.78, 5) is 24.1. The molecular formula is C14H29N7OS. The summed E-state index contributed by atoms with van der Waals surface area (Å²) in [7, 11) is 0. The number of nitrogens with zero attached hydrogens (tertiary/aromatic N) is 4. The summed E-state index contributed by atoms with van der Waals surface area (Å²) in [6, 6.07) is 0. The number of anilines is 3. The Morgan fingerprint density at radius 2 is 1.30 bits per heavy atom. The Bertz CT molecular complexity index is 422. The fraction of sp³-hybridized carbons (Fsp3) is 0.714. The largest absolute Gasteiger partial charge is 0.368 e. The van der Waals surface area contributed by atoms with Crippen molar-refractivity contribution >= 4 is 34.8 Å². The van der Waals surface area contributed by atoms with Crippen molar-refractivity contribution in [1.29, 1.82) is 0 Å². The smallest absolute Gasteiger partial charge is 0.281 e. The van der Waals surface area contributed by atoms with Crippen molar-refractivity contribution in [3.63, 3.8) is 0 Å². The van der Waals surface area contributed by atoms with E-state index in [2.05, 4.69) is 42.6 Å². The topological polar surface area (TPSA) is 137 Å². The number of nitrogen functional groups attached to an aromatic ring is 3. The van der Waals surface area contributed by atoms with Crippen molar-refractivity contribution in [2.75, 3.05) is 36.0 Å². The van der Waals surface area contributed by atoms with E-state index in [0.717, 1.165) is 18.8 Å². The van der Waals surface area contributed by atoms with Gasteiger partial charge < -0.3 is 22.1 Å². The maximum atomic E-state index is 11.7. The van der Waals surface area contributed by atoms with Gasteiger partial charge in [-0.1, -0.05) is 46.4 Å². The van der Waals surface area contributed by atoms with Crippen LogP contribution in [0.3, 0.4) is 0 Å². The maximum Gasteiger partial charge on any atom is 0.281 e. The van der Waals surface area contributed by atoms with E-state index >= 15 is 0 Å². The highest BCUT2D eigenvalue weighted by Crippen LogP contribution is 2.12. The molecule has 0 saturated heterocycles. The Morgan fingerprint density at radius 3 is 1.57 bits per heavy atom. The first kappa shape index (κ1) is 21.2. The molecule has 0 fully saturated rings. The van der Waals surface area contributed by atoms with Crippen molar-refractivity contribution in [3.05, 3.63) is 0 Å². The highest BCUT2D eigenvalue weighted by Gasteiger charge is 2.15. The molecule has 23 heavy (non-hydrogen) atoms. The van der Waals surface area contributed by atoms with Gasteiger partial charge in [-0.15, -0.1) is 0 Å². The van der Waals surface area contributed by atoms with Crippen LogP contribution in [0.1, 0.15) is 34.6 Å². The number of rotatable bonds is 5. The van der Waals surface area contributed by atoms with Crippen LogP contribution in [0.2, 0.25) is 0 Å². The fourth-order valence-corrected chi connectivity index (χ4v) is 2.33. The molecule has 1 heterocycles. The van der Waals surface area contributed by atoms with Crippen LogP contribution in [0.15, 0.2) is 0 Å². The fourth-order valence-electron chi connectivity index (χ4n) is 1.75. The Kier molecular flexibility index (Phi) is 10.0. The van der Waals surface area contributed by atoms with E-state index in [4.69, 9.17) is 17.2 Å². The van der Waals surface area contributed by atoms with Gasteiger partial charge >= 0.3 is 0 Å². The van der Waals surface area contributed by atoms with Crippen molar-refractivity contribution in [3.8, 4) is 0 Å². The first-order valence-electron chi connectivity index (χ1n) is 7.59. The molecule has 0 atom stereocenters. The number of nitrogens with two attached hydrogens (primary N) is 3.